The Bertz CT molecular complexity index is 649. The molecule has 1 rings (SSSR count). The topological polar surface area (TPSA) is 67.9 Å². The lowest BCUT2D eigenvalue weighted by Crippen LogP contribution is -2.56. The molecule has 12 heteroatoms. The molecule has 0 saturated carbocycles. The maximum atomic E-state index is 6.83. The lowest BCUT2D eigenvalue weighted by atomic mass is 10.1. The van der Waals surface area contributed by atoms with E-state index in [9.17, 15) is 0 Å². The third-order valence-corrected chi connectivity index (χ3v) is 20.4. The number of nitrogens with zero attached hydrogens (tertiary/aromatic N) is 1. The molecule has 0 aromatic heterocycles. The van der Waals surface area contributed by atoms with Crippen LogP contribution in [0.15, 0.2) is 0 Å². The molecule has 252 valence electrons. The van der Waals surface area contributed by atoms with E-state index in [1.54, 1.807) is 0 Å². The van der Waals surface area contributed by atoms with Crippen molar-refractivity contribution in [3.05, 3.63) is 0 Å². The first-order valence-electron chi connectivity index (χ1n) is 16.8. The van der Waals surface area contributed by atoms with Gasteiger partial charge in [-0.25, -0.2) is 0 Å². The van der Waals surface area contributed by atoms with Crippen LogP contribution >= 0.6 is 0 Å². The Morgan fingerprint density at radius 3 is 1.26 bits per heavy atom. The van der Waals surface area contributed by atoms with Crippen molar-refractivity contribution in [3.8, 4) is 0 Å². The molecule has 1 unspecified atom stereocenters. The van der Waals surface area contributed by atoms with Crippen LogP contribution in [-0.2, 0) is 31.3 Å². The first kappa shape index (κ1) is 40.6. The van der Waals surface area contributed by atoms with E-state index in [0.717, 1.165) is 38.9 Å². The Morgan fingerprint density at radius 2 is 0.833 bits per heavy atom. The van der Waals surface area contributed by atoms with Gasteiger partial charge in [0.1, 0.15) is 0 Å². The molecular formula is C30H69NO7Si4. The smallest absolute Gasteiger partial charge is 0.315 e. The second-order valence-electron chi connectivity index (χ2n) is 14.3. The Morgan fingerprint density at radius 1 is 0.452 bits per heavy atom. The number of unbranched alkanes of at least 4 members (excludes halogenated alkanes) is 8. The van der Waals surface area contributed by atoms with Crippen molar-refractivity contribution in [2.75, 3.05) is 72.5 Å². The van der Waals surface area contributed by atoms with Gasteiger partial charge in [-0.1, -0.05) is 51.4 Å². The normalized spacial score (nSPS) is 19.6. The number of hydrogen-bond acceptors (Lipinski definition) is 8. The van der Waals surface area contributed by atoms with E-state index in [1.165, 1.54) is 57.8 Å². The monoisotopic (exact) mass is 667 g/mol. The first-order chi connectivity index (χ1) is 19.7. The van der Waals surface area contributed by atoms with Crippen LogP contribution < -0.4 is 0 Å². The van der Waals surface area contributed by atoms with Gasteiger partial charge in [0.05, 0.1) is 52.9 Å². The second-order valence-corrected chi connectivity index (χ2v) is 30.8. The van der Waals surface area contributed by atoms with Gasteiger partial charge < -0.3 is 31.3 Å². The van der Waals surface area contributed by atoms with Crippen molar-refractivity contribution in [2.24, 2.45) is 0 Å². The molecule has 0 aromatic carbocycles. The van der Waals surface area contributed by atoms with E-state index >= 15 is 0 Å². The molecule has 0 spiro atoms. The molecule has 1 aliphatic heterocycles. The minimum atomic E-state index is -2.26. The molecule has 0 amide bonds. The molecule has 0 aliphatic carbocycles. The van der Waals surface area contributed by atoms with Crippen LogP contribution in [0.5, 0.6) is 0 Å². The summed E-state index contributed by atoms with van der Waals surface area (Å²) in [5.41, 5.74) is 0. The summed E-state index contributed by atoms with van der Waals surface area (Å²) in [5, 5.41) is 0. The molecular weight excluding hydrogens is 599 g/mol. The summed E-state index contributed by atoms with van der Waals surface area (Å²) >= 11 is 0. The second kappa shape index (κ2) is 22.1. The van der Waals surface area contributed by atoms with Crippen molar-refractivity contribution in [3.63, 3.8) is 0 Å². The molecule has 1 atom stereocenters. The number of ether oxygens (including phenoxy) is 4. The van der Waals surface area contributed by atoms with Gasteiger partial charge in [0.15, 0.2) is 16.6 Å². The zero-order valence-electron chi connectivity index (χ0n) is 29.2. The van der Waals surface area contributed by atoms with E-state index in [-0.39, 0.29) is 0 Å². The Labute approximate surface area is 264 Å². The SMILES string of the molecule is C[Si](C)(C)O[Si](C)(C)O[Si](C)(CCCCCCCCCCCN1CCOCCOCCOCCOCC1)O[Si](C)(C)C. The maximum Gasteiger partial charge on any atom is 0.315 e. The molecule has 8 nitrogen and oxygen atoms in total. The highest BCUT2D eigenvalue weighted by Gasteiger charge is 2.44. The standard InChI is InChI=1S/C30H69NO7Si4/c1-39(2,3)36-41(7,8)38-42(9,37-40(4,5)6)30-18-16-14-12-10-11-13-15-17-19-31-20-22-32-24-26-34-28-29-35-27-25-33-23-21-31/h10-30H2,1-9H3. The van der Waals surface area contributed by atoms with Gasteiger partial charge >= 0.3 is 17.1 Å². The largest absolute Gasteiger partial charge is 0.437 e. The maximum absolute atomic E-state index is 6.83. The fourth-order valence-corrected chi connectivity index (χ4v) is 23.6. The summed E-state index contributed by atoms with van der Waals surface area (Å²) in [6.07, 6.45) is 11.7. The van der Waals surface area contributed by atoms with Gasteiger partial charge in [0.25, 0.3) is 0 Å². The fraction of sp³-hybridized carbons (Fsp3) is 1.00. The molecule has 1 heterocycles. The minimum absolute atomic E-state index is 0.620. The number of hydrogen-bond donors (Lipinski definition) is 0. The Kier molecular flexibility index (Phi) is 21.4. The predicted molar refractivity (Wildman–Crippen MR) is 185 cm³/mol. The Hall–Kier alpha value is 0.548. The van der Waals surface area contributed by atoms with Gasteiger partial charge in [-0.05, 0) is 77.9 Å². The molecule has 0 radical (unpaired) electrons. The van der Waals surface area contributed by atoms with Gasteiger partial charge in [0.2, 0.25) is 0 Å². The first-order valence-corrected chi connectivity index (χ1v) is 29.0. The van der Waals surface area contributed by atoms with Crippen LogP contribution in [0.2, 0.25) is 65.0 Å². The van der Waals surface area contributed by atoms with Crippen LogP contribution in [0, 0.1) is 0 Å². The summed E-state index contributed by atoms with van der Waals surface area (Å²) in [6.45, 7) is 28.7. The summed E-state index contributed by atoms with van der Waals surface area (Å²) in [6, 6.07) is 1.08. The van der Waals surface area contributed by atoms with Gasteiger partial charge in [-0.2, -0.15) is 0 Å². The van der Waals surface area contributed by atoms with Crippen molar-refractivity contribution >= 4 is 33.8 Å². The lowest BCUT2D eigenvalue weighted by Gasteiger charge is -2.41. The minimum Gasteiger partial charge on any atom is -0.437 e. The molecule has 0 aromatic rings. The zero-order valence-corrected chi connectivity index (χ0v) is 33.2. The third-order valence-electron chi connectivity index (χ3n) is 6.86. The summed E-state index contributed by atoms with van der Waals surface area (Å²) < 4.78 is 42.6. The number of rotatable bonds is 18. The van der Waals surface area contributed by atoms with Crippen LogP contribution in [-0.4, -0.2) is 111 Å². The Balaban J connectivity index is 2.23. The van der Waals surface area contributed by atoms with Crippen molar-refractivity contribution in [2.45, 2.75) is 123 Å². The van der Waals surface area contributed by atoms with E-state index in [2.05, 4.69) is 63.8 Å². The van der Waals surface area contributed by atoms with E-state index in [1.807, 2.05) is 0 Å². The zero-order chi connectivity index (χ0) is 31.4. The van der Waals surface area contributed by atoms with Crippen LogP contribution in [0.4, 0.5) is 0 Å². The highest BCUT2D eigenvalue weighted by atomic mass is 28.5. The summed E-state index contributed by atoms with van der Waals surface area (Å²) in [4.78, 5) is 2.48. The summed E-state index contributed by atoms with van der Waals surface area (Å²) in [5.74, 6) is 0. The predicted octanol–water partition coefficient (Wildman–Crippen LogP) is 7.37. The van der Waals surface area contributed by atoms with Crippen LogP contribution in [0.3, 0.4) is 0 Å². The molecule has 1 aliphatic rings. The molecule has 1 fully saturated rings. The summed E-state index contributed by atoms with van der Waals surface area (Å²) in [7, 11) is -7.79. The fourth-order valence-electron chi connectivity index (χ4n) is 5.55. The molecule has 0 N–H and O–H groups in total. The van der Waals surface area contributed by atoms with Gasteiger partial charge in [-0.3, -0.25) is 4.90 Å². The van der Waals surface area contributed by atoms with Gasteiger partial charge in [0, 0.05) is 13.1 Å². The molecule has 0 bridgehead atoms. The van der Waals surface area contributed by atoms with Crippen LogP contribution in [0.25, 0.3) is 0 Å². The third kappa shape index (κ3) is 24.8. The average Bonchev–Trinajstić information content (AvgIpc) is 2.84. The van der Waals surface area contributed by atoms with E-state index in [4.69, 9.17) is 31.3 Å². The molecule has 42 heavy (non-hydrogen) atoms. The highest BCUT2D eigenvalue weighted by molar-refractivity contribution is 6.89. The molecule has 1 saturated heterocycles. The average molecular weight is 668 g/mol. The van der Waals surface area contributed by atoms with E-state index < -0.39 is 33.8 Å². The van der Waals surface area contributed by atoms with Crippen molar-refractivity contribution < 1.29 is 31.3 Å². The van der Waals surface area contributed by atoms with Crippen molar-refractivity contribution in [1.82, 2.24) is 4.90 Å². The van der Waals surface area contributed by atoms with Crippen LogP contribution in [0.1, 0.15) is 57.8 Å². The van der Waals surface area contributed by atoms with Crippen molar-refractivity contribution in [1.29, 1.82) is 0 Å². The van der Waals surface area contributed by atoms with Gasteiger partial charge in [-0.15, -0.1) is 0 Å². The quantitative estimate of drug-likeness (QED) is 0.111. The lowest BCUT2D eigenvalue weighted by molar-refractivity contribution is 0.00206. The van der Waals surface area contributed by atoms with E-state index in [0.29, 0.717) is 39.6 Å². The highest BCUT2D eigenvalue weighted by Crippen LogP contribution is 2.28.